The molecule has 1 unspecified atom stereocenters. The summed E-state index contributed by atoms with van der Waals surface area (Å²) in [4.78, 5) is 11.3. The number of hydrogen-bond donors (Lipinski definition) is 2. The van der Waals surface area contributed by atoms with Gasteiger partial charge in [0.1, 0.15) is 11.8 Å². The van der Waals surface area contributed by atoms with Crippen LogP contribution in [0.4, 0.5) is 5.69 Å². The molecule has 0 aliphatic heterocycles. The van der Waals surface area contributed by atoms with Crippen LogP contribution in [-0.2, 0) is 4.79 Å². The highest BCUT2D eigenvalue weighted by molar-refractivity contribution is 9.10. The lowest BCUT2D eigenvalue weighted by Gasteiger charge is -2.14. The summed E-state index contributed by atoms with van der Waals surface area (Å²) in [5.74, 6) is 0.713. The van der Waals surface area contributed by atoms with E-state index in [0.29, 0.717) is 0 Å². The summed E-state index contributed by atoms with van der Waals surface area (Å²) in [6.07, 6.45) is 0. The van der Waals surface area contributed by atoms with Gasteiger partial charge in [-0.2, -0.15) is 0 Å². The predicted octanol–water partition coefficient (Wildman–Crippen LogP) is 2.00. The molecule has 1 amide bonds. The third-order valence-electron chi connectivity index (χ3n) is 2.17. The van der Waals surface area contributed by atoms with E-state index in [2.05, 4.69) is 26.6 Å². The van der Waals surface area contributed by atoms with Crippen LogP contribution in [0.25, 0.3) is 0 Å². The number of nitrogens with one attached hydrogen (secondary N) is 2. The first-order chi connectivity index (χ1) is 7.58. The lowest BCUT2D eigenvalue weighted by molar-refractivity contribution is -0.121. The number of hydrogen-bond acceptors (Lipinski definition) is 3. The Balaban J connectivity index is 2.75. The highest BCUT2D eigenvalue weighted by Gasteiger charge is 2.10. The van der Waals surface area contributed by atoms with Gasteiger partial charge in [-0.05, 0) is 41.1 Å². The van der Waals surface area contributed by atoms with Crippen LogP contribution in [-0.4, -0.2) is 26.1 Å². The maximum absolute atomic E-state index is 11.3. The molecular weight excluding hydrogens is 272 g/mol. The molecule has 0 saturated heterocycles. The number of carbonyl (C=O) groups is 1. The quantitative estimate of drug-likeness (QED) is 0.890. The van der Waals surface area contributed by atoms with Gasteiger partial charge in [-0.15, -0.1) is 0 Å². The minimum Gasteiger partial charge on any atom is -0.496 e. The van der Waals surface area contributed by atoms with Gasteiger partial charge >= 0.3 is 0 Å². The van der Waals surface area contributed by atoms with Crippen molar-refractivity contribution in [2.45, 2.75) is 13.0 Å². The molecule has 0 radical (unpaired) electrons. The minimum atomic E-state index is -0.273. The summed E-state index contributed by atoms with van der Waals surface area (Å²) in [7, 11) is 3.23. The highest BCUT2D eigenvalue weighted by Crippen LogP contribution is 2.27. The van der Waals surface area contributed by atoms with E-state index < -0.39 is 0 Å². The standard InChI is InChI=1S/C11H15BrN2O2/c1-7(11(15)13-2)14-8-4-5-10(16-3)9(12)6-8/h4-7,14H,1-3H3,(H,13,15). The second-order valence-electron chi connectivity index (χ2n) is 3.33. The molecule has 1 aromatic rings. The van der Waals surface area contributed by atoms with Crippen molar-refractivity contribution in [1.82, 2.24) is 5.32 Å². The molecule has 0 aliphatic carbocycles. The van der Waals surface area contributed by atoms with Gasteiger partial charge in [0.05, 0.1) is 11.6 Å². The summed E-state index contributed by atoms with van der Waals surface area (Å²) in [6, 6.07) is 5.30. The predicted molar refractivity (Wildman–Crippen MR) is 67.8 cm³/mol. The Kier molecular flexibility index (Phi) is 4.61. The van der Waals surface area contributed by atoms with E-state index in [0.717, 1.165) is 15.9 Å². The van der Waals surface area contributed by atoms with Gasteiger partial charge in [0.25, 0.3) is 0 Å². The zero-order valence-electron chi connectivity index (χ0n) is 9.50. The van der Waals surface area contributed by atoms with Gasteiger partial charge in [0.2, 0.25) is 5.91 Å². The van der Waals surface area contributed by atoms with E-state index in [1.807, 2.05) is 18.2 Å². The zero-order valence-corrected chi connectivity index (χ0v) is 11.1. The maximum Gasteiger partial charge on any atom is 0.241 e. The van der Waals surface area contributed by atoms with Gasteiger partial charge < -0.3 is 15.4 Å². The van der Waals surface area contributed by atoms with Gasteiger partial charge in [0.15, 0.2) is 0 Å². The van der Waals surface area contributed by atoms with Crippen LogP contribution in [0.2, 0.25) is 0 Å². The van der Waals surface area contributed by atoms with E-state index >= 15 is 0 Å². The van der Waals surface area contributed by atoms with E-state index in [4.69, 9.17) is 4.74 Å². The van der Waals surface area contributed by atoms with Gasteiger partial charge in [0, 0.05) is 12.7 Å². The van der Waals surface area contributed by atoms with Crippen LogP contribution in [0.3, 0.4) is 0 Å². The molecule has 0 aromatic heterocycles. The van der Waals surface area contributed by atoms with Crippen molar-refractivity contribution < 1.29 is 9.53 Å². The Labute approximate surface area is 103 Å². The number of anilines is 1. The molecule has 0 spiro atoms. The maximum atomic E-state index is 11.3. The number of methoxy groups -OCH3 is 1. The summed E-state index contributed by atoms with van der Waals surface area (Å²) >= 11 is 3.39. The molecular formula is C11H15BrN2O2. The van der Waals surface area contributed by atoms with E-state index in [-0.39, 0.29) is 11.9 Å². The number of ether oxygens (including phenoxy) is 1. The summed E-state index contributed by atoms with van der Waals surface area (Å²) < 4.78 is 5.97. The highest BCUT2D eigenvalue weighted by atomic mass is 79.9. The number of amides is 1. The fourth-order valence-corrected chi connectivity index (χ4v) is 1.83. The van der Waals surface area contributed by atoms with Crippen molar-refractivity contribution in [3.05, 3.63) is 22.7 Å². The Morgan fingerprint density at radius 2 is 2.19 bits per heavy atom. The van der Waals surface area contributed by atoms with Gasteiger partial charge in [-0.3, -0.25) is 4.79 Å². The van der Waals surface area contributed by atoms with E-state index in [1.54, 1.807) is 21.1 Å². The van der Waals surface area contributed by atoms with Crippen molar-refractivity contribution in [2.24, 2.45) is 0 Å². The second kappa shape index (κ2) is 5.75. The minimum absolute atomic E-state index is 0.0491. The fourth-order valence-electron chi connectivity index (χ4n) is 1.29. The molecule has 88 valence electrons. The summed E-state index contributed by atoms with van der Waals surface area (Å²) in [5.41, 5.74) is 0.865. The number of halogens is 1. The normalized spacial score (nSPS) is 11.8. The molecule has 1 aromatic carbocycles. The molecule has 0 bridgehead atoms. The molecule has 0 heterocycles. The van der Waals surface area contributed by atoms with Gasteiger partial charge in [-0.25, -0.2) is 0 Å². The largest absolute Gasteiger partial charge is 0.496 e. The van der Waals surface area contributed by atoms with Crippen molar-refractivity contribution in [2.75, 3.05) is 19.5 Å². The lowest BCUT2D eigenvalue weighted by Crippen LogP contribution is -2.35. The van der Waals surface area contributed by atoms with Crippen LogP contribution in [0.15, 0.2) is 22.7 Å². The smallest absolute Gasteiger partial charge is 0.241 e. The Hall–Kier alpha value is -1.23. The van der Waals surface area contributed by atoms with Crippen molar-refractivity contribution in [1.29, 1.82) is 0 Å². The first-order valence-corrected chi connectivity index (χ1v) is 5.69. The molecule has 5 heteroatoms. The molecule has 16 heavy (non-hydrogen) atoms. The first-order valence-electron chi connectivity index (χ1n) is 4.90. The average molecular weight is 287 g/mol. The molecule has 0 fully saturated rings. The number of likely N-dealkylation sites (N-methyl/N-ethyl adjacent to an activating group) is 1. The Morgan fingerprint density at radius 1 is 1.50 bits per heavy atom. The summed E-state index contributed by atoms with van der Waals surface area (Å²) in [6.45, 7) is 1.80. The molecule has 0 saturated carbocycles. The van der Waals surface area contributed by atoms with Crippen molar-refractivity contribution in [3.8, 4) is 5.75 Å². The van der Waals surface area contributed by atoms with Crippen LogP contribution in [0.1, 0.15) is 6.92 Å². The first kappa shape index (κ1) is 12.8. The fraction of sp³-hybridized carbons (Fsp3) is 0.364. The third kappa shape index (κ3) is 3.13. The number of rotatable bonds is 4. The average Bonchev–Trinajstić information content (AvgIpc) is 2.28. The Morgan fingerprint density at radius 3 is 2.69 bits per heavy atom. The van der Waals surface area contributed by atoms with E-state index in [9.17, 15) is 4.79 Å². The van der Waals surface area contributed by atoms with Crippen molar-refractivity contribution in [3.63, 3.8) is 0 Å². The zero-order chi connectivity index (χ0) is 12.1. The van der Waals surface area contributed by atoms with Crippen LogP contribution < -0.4 is 15.4 Å². The molecule has 1 rings (SSSR count). The van der Waals surface area contributed by atoms with Gasteiger partial charge in [-0.1, -0.05) is 0 Å². The molecule has 0 aliphatic rings. The van der Waals surface area contributed by atoms with E-state index in [1.165, 1.54) is 0 Å². The second-order valence-corrected chi connectivity index (χ2v) is 4.18. The SMILES string of the molecule is CNC(=O)C(C)Nc1ccc(OC)c(Br)c1. The summed E-state index contributed by atoms with van der Waals surface area (Å²) in [5, 5.41) is 5.67. The topological polar surface area (TPSA) is 50.4 Å². The number of carbonyl (C=O) groups excluding carboxylic acids is 1. The molecule has 1 atom stereocenters. The van der Waals surface area contributed by atoms with Crippen LogP contribution >= 0.6 is 15.9 Å². The Bertz CT molecular complexity index is 382. The molecule has 2 N–H and O–H groups in total. The van der Waals surface area contributed by atoms with Crippen LogP contribution in [0.5, 0.6) is 5.75 Å². The van der Waals surface area contributed by atoms with Crippen LogP contribution in [0, 0.1) is 0 Å². The van der Waals surface area contributed by atoms with Crippen molar-refractivity contribution >= 4 is 27.5 Å². The molecule has 4 nitrogen and oxygen atoms in total. The lowest BCUT2D eigenvalue weighted by atomic mass is 10.2. The third-order valence-corrected chi connectivity index (χ3v) is 2.79. The monoisotopic (exact) mass is 286 g/mol. The number of benzene rings is 1.